The van der Waals surface area contributed by atoms with Gasteiger partial charge < -0.3 is 19.8 Å². The molecule has 0 fully saturated rings. The molecule has 0 saturated heterocycles. The average Bonchev–Trinajstić information content (AvgIpc) is 3.00. The number of nitrogens with zero attached hydrogens (tertiary/aromatic N) is 3. The summed E-state index contributed by atoms with van der Waals surface area (Å²) in [6.07, 6.45) is 2.98. The predicted molar refractivity (Wildman–Crippen MR) is 108 cm³/mol. The Bertz CT molecular complexity index is 1030. The lowest BCUT2D eigenvalue weighted by Crippen LogP contribution is -2.41. The largest absolute Gasteiger partial charge is 0.486 e. The molecule has 0 aliphatic carbocycles. The van der Waals surface area contributed by atoms with E-state index in [0.717, 1.165) is 11.0 Å². The number of hydrogen-bond acceptors (Lipinski definition) is 5. The fourth-order valence-corrected chi connectivity index (χ4v) is 3.54. The molecular weight excluding hydrogens is 375 g/mol. The van der Waals surface area contributed by atoms with Crippen LogP contribution < -0.4 is 10.5 Å². The van der Waals surface area contributed by atoms with Gasteiger partial charge in [0, 0.05) is 24.2 Å². The van der Waals surface area contributed by atoms with Crippen LogP contribution in [0.5, 0.6) is 5.75 Å². The van der Waals surface area contributed by atoms with Crippen molar-refractivity contribution in [3.8, 4) is 17.0 Å². The third-order valence-electron chi connectivity index (χ3n) is 4.59. The van der Waals surface area contributed by atoms with Crippen molar-refractivity contribution >= 4 is 17.1 Å². The number of carbonyl (C=O) groups excluding carboxylic acids is 1. The number of aromatic nitrogens is 3. The quantitative estimate of drug-likeness (QED) is 0.646. The number of ether oxygens (including phenoxy) is 2. The summed E-state index contributed by atoms with van der Waals surface area (Å²) in [6, 6.07) is 6.55. The molecule has 1 atom stereocenters. The molecule has 0 aliphatic rings. The Balaban J connectivity index is 1.83. The fraction of sp³-hybridized carbons (Fsp3) is 0.381. The van der Waals surface area contributed by atoms with E-state index < -0.39 is 17.5 Å². The molecule has 0 bridgehead atoms. The van der Waals surface area contributed by atoms with Gasteiger partial charge in [-0.25, -0.2) is 19.2 Å². The first kappa shape index (κ1) is 20.6. The molecule has 0 aliphatic heterocycles. The molecule has 2 N–H and O–H groups in total. The summed E-state index contributed by atoms with van der Waals surface area (Å²) in [5.74, 6) is -0.229. The maximum Gasteiger partial charge on any atom is 0.405 e. The van der Waals surface area contributed by atoms with E-state index in [-0.39, 0.29) is 18.3 Å². The van der Waals surface area contributed by atoms with Gasteiger partial charge in [-0.2, -0.15) is 0 Å². The van der Waals surface area contributed by atoms with E-state index in [2.05, 4.69) is 9.97 Å². The van der Waals surface area contributed by atoms with Crippen LogP contribution in [0.15, 0.2) is 36.8 Å². The molecule has 1 amide bonds. The van der Waals surface area contributed by atoms with Gasteiger partial charge in [-0.15, -0.1) is 0 Å². The minimum Gasteiger partial charge on any atom is -0.486 e. The smallest absolute Gasteiger partial charge is 0.405 e. The van der Waals surface area contributed by atoms with Crippen molar-refractivity contribution in [1.82, 2.24) is 14.5 Å². The lowest BCUT2D eigenvalue weighted by Gasteiger charge is -2.30. The zero-order chi connectivity index (χ0) is 21.2. The minimum absolute atomic E-state index is 0.0131. The minimum atomic E-state index is -0.950. The van der Waals surface area contributed by atoms with Gasteiger partial charge >= 0.3 is 6.09 Å². The van der Waals surface area contributed by atoms with Gasteiger partial charge in [-0.05, 0) is 43.5 Å². The Morgan fingerprint density at radius 1 is 1.31 bits per heavy atom. The lowest BCUT2D eigenvalue weighted by atomic mass is 9.95. The summed E-state index contributed by atoms with van der Waals surface area (Å²) in [4.78, 5) is 19.8. The van der Waals surface area contributed by atoms with Gasteiger partial charge in [-0.3, -0.25) is 0 Å². The lowest BCUT2D eigenvalue weighted by molar-refractivity contribution is -0.0193. The van der Waals surface area contributed by atoms with Gasteiger partial charge in [0.15, 0.2) is 11.6 Å². The number of carbonyl (C=O) groups is 1. The molecule has 154 valence electrons. The van der Waals surface area contributed by atoms with E-state index in [1.165, 1.54) is 12.4 Å². The van der Waals surface area contributed by atoms with E-state index in [1.807, 2.05) is 37.7 Å². The fourth-order valence-electron chi connectivity index (χ4n) is 3.54. The number of primary amides is 1. The number of fused-ring (bicyclic) bond motifs is 1. The van der Waals surface area contributed by atoms with Crippen molar-refractivity contribution < 1.29 is 18.7 Å². The van der Waals surface area contributed by atoms with Gasteiger partial charge in [0.1, 0.15) is 24.2 Å². The van der Waals surface area contributed by atoms with Gasteiger partial charge in [0.05, 0.1) is 5.69 Å². The molecule has 1 aromatic carbocycles. The number of aryl methyl sites for hydroxylation is 1. The van der Waals surface area contributed by atoms with Crippen molar-refractivity contribution in [2.75, 3.05) is 6.61 Å². The van der Waals surface area contributed by atoms with Crippen molar-refractivity contribution in [3.05, 3.63) is 42.6 Å². The maximum atomic E-state index is 14.7. The van der Waals surface area contributed by atoms with Crippen LogP contribution in [0, 0.1) is 11.7 Å². The summed E-state index contributed by atoms with van der Waals surface area (Å²) in [7, 11) is 1.89. The number of hydrogen-bond donors (Lipinski definition) is 1. The molecule has 3 rings (SSSR count). The van der Waals surface area contributed by atoms with Crippen LogP contribution in [-0.2, 0) is 11.8 Å². The molecule has 3 aromatic rings. The van der Waals surface area contributed by atoms with Crippen LogP contribution in [-0.4, -0.2) is 32.8 Å². The highest BCUT2D eigenvalue weighted by Crippen LogP contribution is 2.30. The first-order valence-electron chi connectivity index (χ1n) is 9.36. The number of amides is 1. The van der Waals surface area contributed by atoms with Crippen LogP contribution in [0.4, 0.5) is 9.18 Å². The molecule has 0 unspecified atom stereocenters. The third kappa shape index (κ3) is 4.64. The number of benzene rings is 1. The molecule has 8 heteroatoms. The standard InChI is InChI=1S/C21H25FN4O3/c1-13(2)10-21(3,29-20(23)27)11-28-17-6-5-14(9-16(17)22)18-15-7-8-26(4)19(15)25-12-24-18/h5-9,12-13H,10-11H2,1-4H3,(H2,23,27)/t21-/m0/s1. The number of rotatable bonds is 7. The second-order valence-corrected chi connectivity index (χ2v) is 7.79. The Hall–Kier alpha value is -3.16. The van der Waals surface area contributed by atoms with E-state index in [4.69, 9.17) is 15.2 Å². The van der Waals surface area contributed by atoms with E-state index >= 15 is 0 Å². The normalized spacial score (nSPS) is 13.4. The maximum absolute atomic E-state index is 14.7. The molecular formula is C21H25FN4O3. The number of nitrogens with two attached hydrogens (primary N) is 1. The Labute approximate surface area is 168 Å². The molecule has 29 heavy (non-hydrogen) atoms. The molecule has 0 saturated carbocycles. The summed E-state index contributed by atoms with van der Waals surface area (Å²) < 4.78 is 27.5. The summed E-state index contributed by atoms with van der Waals surface area (Å²) >= 11 is 0. The van der Waals surface area contributed by atoms with Crippen LogP contribution in [0.3, 0.4) is 0 Å². The average molecular weight is 400 g/mol. The van der Waals surface area contributed by atoms with Crippen LogP contribution in [0.1, 0.15) is 27.2 Å². The van der Waals surface area contributed by atoms with E-state index in [9.17, 15) is 9.18 Å². The monoisotopic (exact) mass is 400 g/mol. The van der Waals surface area contributed by atoms with Crippen LogP contribution in [0.2, 0.25) is 0 Å². The Kier molecular flexibility index (Phi) is 5.72. The van der Waals surface area contributed by atoms with Crippen molar-refractivity contribution in [3.63, 3.8) is 0 Å². The van der Waals surface area contributed by atoms with Crippen LogP contribution >= 0.6 is 0 Å². The van der Waals surface area contributed by atoms with Gasteiger partial charge in [0.2, 0.25) is 0 Å². The Morgan fingerprint density at radius 3 is 2.72 bits per heavy atom. The molecule has 2 heterocycles. The highest BCUT2D eigenvalue weighted by atomic mass is 19.1. The topological polar surface area (TPSA) is 92.3 Å². The first-order valence-corrected chi connectivity index (χ1v) is 9.36. The van der Waals surface area contributed by atoms with Crippen molar-refractivity contribution in [2.24, 2.45) is 18.7 Å². The molecule has 7 nitrogen and oxygen atoms in total. The highest BCUT2D eigenvalue weighted by Gasteiger charge is 2.31. The zero-order valence-corrected chi connectivity index (χ0v) is 17.0. The van der Waals surface area contributed by atoms with Crippen LogP contribution in [0.25, 0.3) is 22.3 Å². The summed E-state index contributed by atoms with van der Waals surface area (Å²) in [5.41, 5.74) is 6.26. The number of halogens is 1. The van der Waals surface area contributed by atoms with Crippen molar-refractivity contribution in [1.29, 1.82) is 0 Å². The third-order valence-corrected chi connectivity index (χ3v) is 4.59. The highest BCUT2D eigenvalue weighted by molar-refractivity contribution is 5.90. The zero-order valence-electron chi connectivity index (χ0n) is 17.0. The first-order chi connectivity index (χ1) is 13.7. The van der Waals surface area contributed by atoms with Crippen molar-refractivity contribution in [2.45, 2.75) is 32.8 Å². The van der Waals surface area contributed by atoms with E-state index in [0.29, 0.717) is 17.7 Å². The SMILES string of the molecule is CC(C)C[C@@](C)(COc1ccc(-c2ncnc3c2ccn3C)cc1F)OC(N)=O. The Morgan fingerprint density at radius 2 is 2.07 bits per heavy atom. The van der Waals surface area contributed by atoms with Gasteiger partial charge in [0.25, 0.3) is 0 Å². The second-order valence-electron chi connectivity index (χ2n) is 7.79. The second kappa shape index (κ2) is 8.06. The predicted octanol–water partition coefficient (Wildman–Crippen LogP) is 4.05. The molecule has 0 radical (unpaired) electrons. The van der Waals surface area contributed by atoms with Gasteiger partial charge in [-0.1, -0.05) is 13.8 Å². The molecule has 0 spiro atoms. The summed E-state index contributed by atoms with van der Waals surface area (Å²) in [5, 5.41) is 0.836. The molecule has 2 aromatic heterocycles. The summed E-state index contributed by atoms with van der Waals surface area (Å²) in [6.45, 7) is 5.69. The van der Waals surface area contributed by atoms with E-state index in [1.54, 1.807) is 19.1 Å².